The van der Waals surface area contributed by atoms with Crippen molar-refractivity contribution in [3.05, 3.63) is 60.7 Å². The van der Waals surface area contributed by atoms with Crippen LogP contribution in [0, 0.1) is 0 Å². The topological polar surface area (TPSA) is 55.8 Å². The van der Waals surface area contributed by atoms with Gasteiger partial charge in [-0.25, -0.2) is 8.42 Å². The van der Waals surface area contributed by atoms with Gasteiger partial charge in [-0.2, -0.15) is 0 Å². The van der Waals surface area contributed by atoms with Gasteiger partial charge in [0.15, 0.2) is 11.5 Å². The van der Waals surface area contributed by atoms with Crippen molar-refractivity contribution in [1.82, 2.24) is 0 Å². The lowest BCUT2D eigenvalue weighted by molar-refractivity contribution is 0.171. The third kappa shape index (κ3) is 2.78. The summed E-state index contributed by atoms with van der Waals surface area (Å²) in [5, 5.41) is 1.89. The molecule has 1 aliphatic rings. The lowest BCUT2D eigenvalue weighted by Crippen LogP contribution is -2.26. The van der Waals surface area contributed by atoms with E-state index in [0.717, 1.165) is 10.8 Å². The van der Waals surface area contributed by atoms with Crippen molar-refractivity contribution in [3.8, 4) is 11.5 Å². The minimum Gasteiger partial charge on any atom is -0.486 e. The zero-order chi connectivity index (χ0) is 17.4. The summed E-state index contributed by atoms with van der Waals surface area (Å²) in [5.74, 6) is 1.19. The van der Waals surface area contributed by atoms with Gasteiger partial charge in [-0.3, -0.25) is 4.31 Å². The van der Waals surface area contributed by atoms with Crippen LogP contribution in [0.5, 0.6) is 11.5 Å². The first kappa shape index (κ1) is 15.8. The maximum absolute atomic E-state index is 13.0. The number of hydrogen-bond acceptors (Lipinski definition) is 4. The number of sulfonamides is 1. The molecule has 0 spiro atoms. The second-order valence-corrected chi connectivity index (χ2v) is 7.78. The lowest BCUT2D eigenvalue weighted by Gasteiger charge is -2.23. The Hall–Kier alpha value is -2.73. The predicted octanol–water partition coefficient (Wildman–Crippen LogP) is 3.44. The van der Waals surface area contributed by atoms with Gasteiger partial charge in [0.05, 0.1) is 10.6 Å². The van der Waals surface area contributed by atoms with Crippen LogP contribution in [-0.4, -0.2) is 28.7 Å². The molecule has 0 amide bonds. The molecule has 6 heteroatoms. The number of benzene rings is 3. The van der Waals surface area contributed by atoms with Crippen LogP contribution in [0.15, 0.2) is 65.6 Å². The van der Waals surface area contributed by atoms with Gasteiger partial charge >= 0.3 is 0 Å². The Kier molecular flexibility index (Phi) is 3.77. The van der Waals surface area contributed by atoms with Crippen molar-refractivity contribution < 1.29 is 17.9 Å². The summed E-state index contributed by atoms with van der Waals surface area (Å²) in [6.45, 7) is 0.954. The average molecular weight is 355 g/mol. The van der Waals surface area contributed by atoms with Crippen LogP contribution in [-0.2, 0) is 10.0 Å². The largest absolute Gasteiger partial charge is 0.486 e. The zero-order valence-electron chi connectivity index (χ0n) is 13.7. The number of anilines is 1. The summed E-state index contributed by atoms with van der Waals surface area (Å²) >= 11 is 0. The van der Waals surface area contributed by atoms with Crippen LogP contribution < -0.4 is 13.8 Å². The lowest BCUT2D eigenvalue weighted by atomic mass is 10.1. The van der Waals surface area contributed by atoms with Crippen LogP contribution in [0.25, 0.3) is 10.8 Å². The van der Waals surface area contributed by atoms with Gasteiger partial charge in [0.1, 0.15) is 13.2 Å². The van der Waals surface area contributed by atoms with Crippen molar-refractivity contribution in [3.63, 3.8) is 0 Å². The summed E-state index contributed by atoms with van der Waals surface area (Å²) in [6.07, 6.45) is 0. The number of ether oxygens (including phenoxy) is 2. The number of fused-ring (bicyclic) bond motifs is 2. The van der Waals surface area contributed by atoms with Crippen molar-refractivity contribution in [2.45, 2.75) is 4.90 Å². The van der Waals surface area contributed by atoms with Crippen LogP contribution in [0.3, 0.4) is 0 Å². The minimum atomic E-state index is -3.67. The van der Waals surface area contributed by atoms with E-state index in [2.05, 4.69) is 0 Å². The highest BCUT2D eigenvalue weighted by Crippen LogP contribution is 2.35. The fourth-order valence-corrected chi connectivity index (χ4v) is 4.08. The van der Waals surface area contributed by atoms with Crippen LogP contribution in [0.1, 0.15) is 0 Å². The van der Waals surface area contributed by atoms with Gasteiger partial charge in [0.2, 0.25) is 0 Å². The Labute approximate surface area is 146 Å². The van der Waals surface area contributed by atoms with Crippen LogP contribution >= 0.6 is 0 Å². The quantitative estimate of drug-likeness (QED) is 0.722. The van der Waals surface area contributed by atoms with Crippen molar-refractivity contribution in [2.75, 3.05) is 24.6 Å². The van der Waals surface area contributed by atoms with Gasteiger partial charge in [-0.1, -0.05) is 30.3 Å². The maximum Gasteiger partial charge on any atom is 0.264 e. The molecule has 0 N–H and O–H groups in total. The molecule has 0 fully saturated rings. The predicted molar refractivity (Wildman–Crippen MR) is 97.0 cm³/mol. The molecule has 0 radical (unpaired) electrons. The molecule has 5 nitrogen and oxygen atoms in total. The maximum atomic E-state index is 13.0. The molecule has 3 aromatic rings. The van der Waals surface area contributed by atoms with E-state index < -0.39 is 10.0 Å². The standard InChI is InChI=1S/C19H17NO4S/c1-20(16-7-9-18-19(13-16)24-11-10-23-18)25(21,22)17-8-6-14-4-2-3-5-15(14)12-17/h2-9,12-13H,10-11H2,1H3. The smallest absolute Gasteiger partial charge is 0.264 e. The first-order valence-corrected chi connectivity index (χ1v) is 9.37. The van der Waals surface area contributed by atoms with Gasteiger partial charge < -0.3 is 9.47 Å². The zero-order valence-corrected chi connectivity index (χ0v) is 14.5. The second kappa shape index (κ2) is 5.97. The molecule has 25 heavy (non-hydrogen) atoms. The summed E-state index contributed by atoms with van der Waals surface area (Å²) in [6, 6.07) is 18.0. The Balaban J connectivity index is 1.73. The average Bonchev–Trinajstić information content (AvgIpc) is 2.66. The molecule has 128 valence electrons. The minimum absolute atomic E-state index is 0.253. The molecule has 0 unspecified atom stereocenters. The van der Waals surface area contributed by atoms with E-state index >= 15 is 0 Å². The summed E-state index contributed by atoms with van der Waals surface area (Å²) < 4.78 is 38.3. The van der Waals surface area contributed by atoms with Gasteiger partial charge in [-0.05, 0) is 35.0 Å². The van der Waals surface area contributed by atoms with E-state index in [9.17, 15) is 8.42 Å². The van der Waals surface area contributed by atoms with Crippen molar-refractivity contribution >= 4 is 26.5 Å². The molecule has 0 saturated carbocycles. The Bertz CT molecular complexity index is 1050. The molecular formula is C19H17NO4S. The molecular weight excluding hydrogens is 338 g/mol. The second-order valence-electron chi connectivity index (χ2n) is 5.81. The molecule has 0 atom stereocenters. The van der Waals surface area contributed by atoms with E-state index in [1.165, 1.54) is 11.4 Å². The van der Waals surface area contributed by atoms with Crippen LogP contribution in [0.4, 0.5) is 5.69 Å². The number of hydrogen-bond donors (Lipinski definition) is 0. The molecule has 0 aromatic heterocycles. The highest BCUT2D eigenvalue weighted by molar-refractivity contribution is 7.92. The van der Waals surface area contributed by atoms with E-state index in [1.54, 1.807) is 30.3 Å². The third-order valence-corrected chi connectivity index (χ3v) is 6.05. The van der Waals surface area contributed by atoms with Crippen LogP contribution in [0.2, 0.25) is 0 Å². The first-order valence-electron chi connectivity index (χ1n) is 7.93. The summed E-state index contributed by atoms with van der Waals surface area (Å²) in [4.78, 5) is 0.253. The molecule has 0 aliphatic carbocycles. The molecule has 1 aliphatic heterocycles. The van der Waals surface area contributed by atoms with E-state index in [4.69, 9.17) is 9.47 Å². The third-order valence-electron chi connectivity index (χ3n) is 4.27. The van der Waals surface area contributed by atoms with E-state index in [0.29, 0.717) is 30.4 Å². The molecule has 4 rings (SSSR count). The van der Waals surface area contributed by atoms with Crippen molar-refractivity contribution in [1.29, 1.82) is 0 Å². The highest BCUT2D eigenvalue weighted by atomic mass is 32.2. The Morgan fingerprint density at radius 1 is 0.840 bits per heavy atom. The van der Waals surface area contributed by atoms with Gasteiger partial charge in [0, 0.05) is 13.1 Å². The normalized spacial score (nSPS) is 13.6. The number of rotatable bonds is 3. The first-order chi connectivity index (χ1) is 12.1. The van der Waals surface area contributed by atoms with E-state index in [1.807, 2.05) is 30.3 Å². The van der Waals surface area contributed by atoms with Gasteiger partial charge in [-0.15, -0.1) is 0 Å². The Morgan fingerprint density at radius 3 is 2.36 bits per heavy atom. The van der Waals surface area contributed by atoms with E-state index in [-0.39, 0.29) is 4.90 Å². The monoisotopic (exact) mass is 355 g/mol. The Morgan fingerprint density at radius 2 is 1.56 bits per heavy atom. The molecule has 3 aromatic carbocycles. The summed E-state index contributed by atoms with van der Waals surface area (Å²) in [5.41, 5.74) is 0.525. The number of nitrogens with zero attached hydrogens (tertiary/aromatic N) is 1. The summed E-state index contributed by atoms with van der Waals surface area (Å²) in [7, 11) is -2.14. The fourth-order valence-electron chi connectivity index (χ4n) is 2.85. The fraction of sp³-hybridized carbons (Fsp3) is 0.158. The van der Waals surface area contributed by atoms with Crippen molar-refractivity contribution in [2.24, 2.45) is 0 Å². The molecule has 0 saturated heterocycles. The van der Waals surface area contributed by atoms with Gasteiger partial charge in [0.25, 0.3) is 10.0 Å². The SMILES string of the molecule is CN(c1ccc2c(c1)OCCO2)S(=O)(=O)c1ccc2ccccc2c1. The molecule has 0 bridgehead atoms. The molecule has 1 heterocycles. The highest BCUT2D eigenvalue weighted by Gasteiger charge is 2.23.